The Labute approximate surface area is 137 Å². The predicted molar refractivity (Wildman–Crippen MR) is 87.1 cm³/mol. The van der Waals surface area contributed by atoms with Crippen molar-refractivity contribution in [2.75, 3.05) is 32.9 Å². The summed E-state index contributed by atoms with van der Waals surface area (Å²) < 4.78 is 25.4. The molecule has 0 N–H and O–H groups in total. The third kappa shape index (κ3) is 2.71. The SMILES string of the molecule is CCO[C@@H]1CC2(CCN([C@@H]3CCOC3)CC2)c2cc(F)ccc21. The standard InChI is InChI=1S/C19H26FNO2/c1-2-23-18-12-19(17-11-14(20)3-4-16(17)18)6-8-21(9-7-19)15-5-10-22-13-15/h3-4,11,15,18H,2,5-10,12-13H2,1H3/t15-,18-/m1/s1. The Morgan fingerprint density at radius 3 is 2.87 bits per heavy atom. The van der Waals surface area contributed by atoms with Gasteiger partial charge in [0.2, 0.25) is 0 Å². The minimum absolute atomic E-state index is 0.104. The molecule has 2 atom stereocenters. The van der Waals surface area contributed by atoms with Crippen LogP contribution in [0.15, 0.2) is 18.2 Å². The van der Waals surface area contributed by atoms with Gasteiger partial charge >= 0.3 is 0 Å². The van der Waals surface area contributed by atoms with Crippen molar-refractivity contribution >= 4 is 0 Å². The number of benzene rings is 1. The van der Waals surface area contributed by atoms with Crippen LogP contribution in [0.5, 0.6) is 0 Å². The Bertz CT molecular complexity index is 562. The van der Waals surface area contributed by atoms with Crippen molar-refractivity contribution in [2.24, 2.45) is 0 Å². The summed E-state index contributed by atoms with van der Waals surface area (Å²) in [4.78, 5) is 2.57. The zero-order chi connectivity index (χ0) is 15.9. The number of ether oxygens (including phenoxy) is 2. The second-order valence-corrected chi connectivity index (χ2v) is 7.21. The number of halogens is 1. The molecule has 4 rings (SSSR count). The number of rotatable bonds is 3. The lowest BCUT2D eigenvalue weighted by molar-refractivity contribution is 0.0345. The maximum absolute atomic E-state index is 13.9. The van der Waals surface area contributed by atoms with Crippen molar-refractivity contribution in [3.05, 3.63) is 35.1 Å². The molecule has 126 valence electrons. The summed E-state index contributed by atoms with van der Waals surface area (Å²) in [6.45, 7) is 6.69. The molecule has 2 aliphatic heterocycles. The molecule has 3 nitrogen and oxygen atoms in total. The second kappa shape index (κ2) is 6.15. The highest BCUT2D eigenvalue weighted by molar-refractivity contribution is 5.42. The van der Waals surface area contributed by atoms with E-state index in [4.69, 9.17) is 9.47 Å². The molecule has 1 aromatic carbocycles. The summed E-state index contributed by atoms with van der Waals surface area (Å²) in [5, 5.41) is 0. The van der Waals surface area contributed by atoms with Gasteiger partial charge in [-0.15, -0.1) is 0 Å². The number of likely N-dealkylation sites (tertiary alicyclic amines) is 1. The minimum Gasteiger partial charge on any atom is -0.380 e. The third-order valence-electron chi connectivity index (χ3n) is 6.05. The van der Waals surface area contributed by atoms with Crippen LogP contribution in [-0.4, -0.2) is 43.9 Å². The quantitative estimate of drug-likeness (QED) is 0.852. The maximum atomic E-state index is 13.9. The van der Waals surface area contributed by atoms with Crippen molar-refractivity contribution in [1.29, 1.82) is 0 Å². The first kappa shape index (κ1) is 15.6. The van der Waals surface area contributed by atoms with Gasteiger partial charge in [-0.3, -0.25) is 4.90 Å². The summed E-state index contributed by atoms with van der Waals surface area (Å²) in [7, 11) is 0. The summed E-state index contributed by atoms with van der Waals surface area (Å²) in [6, 6.07) is 5.87. The molecule has 0 bridgehead atoms. The van der Waals surface area contributed by atoms with E-state index in [0.717, 1.165) is 52.0 Å². The molecule has 3 aliphatic rings. The van der Waals surface area contributed by atoms with Gasteiger partial charge in [0.05, 0.1) is 12.7 Å². The van der Waals surface area contributed by atoms with E-state index in [1.54, 1.807) is 12.1 Å². The molecule has 2 fully saturated rings. The molecular formula is C19H26FNO2. The first-order valence-corrected chi connectivity index (χ1v) is 8.95. The van der Waals surface area contributed by atoms with Crippen LogP contribution >= 0.6 is 0 Å². The molecule has 1 spiro atoms. The highest BCUT2D eigenvalue weighted by Crippen LogP contribution is 2.52. The fraction of sp³-hybridized carbons (Fsp3) is 0.684. The molecule has 4 heteroatoms. The van der Waals surface area contributed by atoms with Crippen LogP contribution in [0.1, 0.15) is 49.8 Å². The monoisotopic (exact) mass is 319 g/mol. The Morgan fingerprint density at radius 2 is 2.17 bits per heavy atom. The lowest BCUT2D eigenvalue weighted by atomic mass is 9.73. The molecule has 1 aliphatic carbocycles. The van der Waals surface area contributed by atoms with E-state index in [-0.39, 0.29) is 17.3 Å². The van der Waals surface area contributed by atoms with Crippen LogP contribution in [-0.2, 0) is 14.9 Å². The van der Waals surface area contributed by atoms with Crippen molar-refractivity contribution in [3.8, 4) is 0 Å². The summed E-state index contributed by atoms with van der Waals surface area (Å²) in [5.41, 5.74) is 2.52. The van der Waals surface area contributed by atoms with Gasteiger partial charge in [0.1, 0.15) is 5.82 Å². The topological polar surface area (TPSA) is 21.7 Å². The van der Waals surface area contributed by atoms with Gasteiger partial charge in [0.25, 0.3) is 0 Å². The maximum Gasteiger partial charge on any atom is 0.123 e. The Morgan fingerprint density at radius 1 is 1.35 bits per heavy atom. The van der Waals surface area contributed by atoms with E-state index >= 15 is 0 Å². The van der Waals surface area contributed by atoms with Gasteiger partial charge in [-0.1, -0.05) is 6.07 Å². The molecular weight excluding hydrogens is 293 g/mol. The van der Waals surface area contributed by atoms with Gasteiger partial charge in [-0.05, 0) is 69.0 Å². The van der Waals surface area contributed by atoms with E-state index in [2.05, 4.69) is 4.90 Å². The molecule has 0 saturated carbocycles. The van der Waals surface area contributed by atoms with Crippen LogP contribution in [0.2, 0.25) is 0 Å². The number of piperidine rings is 1. The van der Waals surface area contributed by atoms with Gasteiger partial charge in [0.15, 0.2) is 0 Å². The van der Waals surface area contributed by atoms with E-state index in [9.17, 15) is 4.39 Å². The molecule has 23 heavy (non-hydrogen) atoms. The molecule has 1 aromatic rings. The van der Waals surface area contributed by atoms with Crippen LogP contribution in [0, 0.1) is 5.82 Å². The lowest BCUT2D eigenvalue weighted by Crippen LogP contribution is -2.46. The fourth-order valence-electron chi connectivity index (χ4n) is 4.79. The van der Waals surface area contributed by atoms with Gasteiger partial charge in [-0.25, -0.2) is 4.39 Å². The largest absolute Gasteiger partial charge is 0.380 e. The fourth-order valence-corrected chi connectivity index (χ4v) is 4.79. The van der Waals surface area contributed by atoms with Crippen LogP contribution in [0.25, 0.3) is 0 Å². The lowest BCUT2D eigenvalue weighted by Gasteiger charge is -2.42. The number of hydrogen-bond acceptors (Lipinski definition) is 3. The first-order valence-electron chi connectivity index (χ1n) is 8.95. The second-order valence-electron chi connectivity index (χ2n) is 7.21. The first-order chi connectivity index (χ1) is 11.2. The van der Waals surface area contributed by atoms with Crippen molar-refractivity contribution in [3.63, 3.8) is 0 Å². The van der Waals surface area contributed by atoms with Gasteiger partial charge in [0, 0.05) is 24.7 Å². The molecule has 0 amide bonds. The normalized spacial score (nSPS) is 30.0. The van der Waals surface area contributed by atoms with E-state index in [1.807, 2.05) is 13.0 Å². The summed E-state index contributed by atoms with van der Waals surface area (Å²) >= 11 is 0. The zero-order valence-electron chi connectivity index (χ0n) is 13.9. The Hall–Kier alpha value is -0.970. The number of hydrogen-bond donors (Lipinski definition) is 0. The highest BCUT2D eigenvalue weighted by Gasteiger charge is 2.46. The smallest absolute Gasteiger partial charge is 0.123 e. The number of fused-ring (bicyclic) bond motifs is 2. The molecule has 0 unspecified atom stereocenters. The zero-order valence-corrected chi connectivity index (χ0v) is 13.9. The van der Waals surface area contributed by atoms with E-state index in [1.165, 1.54) is 11.1 Å². The number of nitrogens with zero attached hydrogens (tertiary/aromatic N) is 1. The third-order valence-corrected chi connectivity index (χ3v) is 6.05. The molecule has 0 radical (unpaired) electrons. The van der Waals surface area contributed by atoms with Crippen molar-refractivity contribution in [2.45, 2.75) is 50.2 Å². The minimum atomic E-state index is -0.119. The van der Waals surface area contributed by atoms with E-state index < -0.39 is 0 Å². The predicted octanol–water partition coefficient (Wildman–Crippen LogP) is 3.43. The summed E-state index contributed by atoms with van der Waals surface area (Å²) in [5.74, 6) is -0.119. The van der Waals surface area contributed by atoms with Gasteiger partial charge < -0.3 is 9.47 Å². The van der Waals surface area contributed by atoms with Gasteiger partial charge in [-0.2, -0.15) is 0 Å². The average Bonchev–Trinajstić information content (AvgIpc) is 3.17. The molecule has 2 heterocycles. The van der Waals surface area contributed by atoms with Crippen LogP contribution in [0.4, 0.5) is 4.39 Å². The van der Waals surface area contributed by atoms with Crippen molar-refractivity contribution < 1.29 is 13.9 Å². The Kier molecular flexibility index (Phi) is 4.16. The average molecular weight is 319 g/mol. The summed E-state index contributed by atoms with van der Waals surface area (Å²) in [6.07, 6.45) is 4.50. The van der Waals surface area contributed by atoms with E-state index in [0.29, 0.717) is 12.6 Å². The molecule has 0 aromatic heterocycles. The van der Waals surface area contributed by atoms with Crippen molar-refractivity contribution in [1.82, 2.24) is 4.90 Å². The molecule has 2 saturated heterocycles. The highest BCUT2D eigenvalue weighted by atomic mass is 19.1. The Balaban J connectivity index is 1.56. The van der Waals surface area contributed by atoms with Crippen LogP contribution in [0.3, 0.4) is 0 Å². The van der Waals surface area contributed by atoms with Crippen LogP contribution < -0.4 is 0 Å².